The molecule has 49 heavy (non-hydrogen) atoms. The molecule has 0 bridgehead atoms. The molecule has 0 spiro atoms. The molecule has 7 rings (SSSR count). The third-order valence-electron chi connectivity index (χ3n) is 12.1. The summed E-state index contributed by atoms with van der Waals surface area (Å²) in [6.07, 6.45) is 7.09. The number of amides is 4. The van der Waals surface area contributed by atoms with Gasteiger partial charge >= 0.3 is 0 Å². The van der Waals surface area contributed by atoms with Crippen LogP contribution in [-0.2, 0) is 19.2 Å². The molecule has 2 aliphatic heterocycles. The number of nitrogens with one attached hydrogen (secondary N) is 4. The monoisotopic (exact) mass is 680 g/mol. The molecule has 4 aliphatic carbocycles. The molecule has 2 saturated heterocycles. The highest BCUT2D eigenvalue weighted by Gasteiger charge is 2.66. The molecule has 268 valence electrons. The van der Waals surface area contributed by atoms with Crippen LogP contribution in [0.25, 0.3) is 0 Å². The van der Waals surface area contributed by atoms with Crippen LogP contribution in [0, 0.1) is 47.8 Å². The fourth-order valence-corrected chi connectivity index (χ4v) is 9.85. The highest BCUT2D eigenvalue weighted by atomic mass is 16.5. The number of hydrogen-bond acceptors (Lipinski definition) is 9. The summed E-state index contributed by atoms with van der Waals surface area (Å²) in [5.74, 6) is -1.09. The third-order valence-corrected chi connectivity index (χ3v) is 12.1. The second-order valence-corrected chi connectivity index (χ2v) is 17.0. The summed E-state index contributed by atoms with van der Waals surface area (Å²) in [6.45, 7) is 8.13. The lowest BCUT2D eigenvalue weighted by Crippen LogP contribution is -2.60. The number of aliphatic hydroxyl groups is 1. The number of aromatic nitrogens is 1. The molecule has 3 heterocycles. The Balaban J connectivity index is 1.11. The van der Waals surface area contributed by atoms with E-state index < -0.39 is 48.0 Å². The van der Waals surface area contributed by atoms with Crippen molar-refractivity contribution in [3.8, 4) is 0 Å². The van der Waals surface area contributed by atoms with Crippen molar-refractivity contribution in [3.05, 3.63) is 17.5 Å². The molecule has 4 saturated carbocycles. The van der Waals surface area contributed by atoms with Crippen LogP contribution in [0.3, 0.4) is 0 Å². The maximum atomic E-state index is 14.6. The van der Waals surface area contributed by atoms with E-state index in [1.54, 1.807) is 11.8 Å². The molecule has 1 aromatic rings. The average Bonchev–Trinajstić information content (AvgIpc) is 3.56. The summed E-state index contributed by atoms with van der Waals surface area (Å²) < 4.78 is 5.09. The van der Waals surface area contributed by atoms with Crippen LogP contribution in [0.5, 0.6) is 0 Å². The zero-order valence-corrected chi connectivity index (χ0v) is 29.1. The first kappa shape index (κ1) is 34.1. The third kappa shape index (κ3) is 6.77. The number of rotatable bonds is 11. The number of nitrogens with zero attached hydrogens (tertiary/aromatic N) is 2. The highest BCUT2D eigenvalue weighted by molar-refractivity contribution is 5.99. The van der Waals surface area contributed by atoms with Crippen molar-refractivity contribution in [3.63, 3.8) is 0 Å². The van der Waals surface area contributed by atoms with E-state index in [2.05, 4.69) is 26.4 Å². The van der Waals surface area contributed by atoms with Crippen molar-refractivity contribution in [2.45, 2.75) is 128 Å². The Morgan fingerprint density at radius 3 is 2.43 bits per heavy atom. The van der Waals surface area contributed by atoms with Crippen LogP contribution in [0.1, 0.15) is 101 Å². The Bertz CT molecular complexity index is 1480. The summed E-state index contributed by atoms with van der Waals surface area (Å²) in [7, 11) is 0. The van der Waals surface area contributed by atoms with Gasteiger partial charge in [-0.15, -0.1) is 0 Å². The van der Waals surface area contributed by atoms with E-state index in [1.807, 2.05) is 20.8 Å². The number of Topliss-reactive ketones (excluding diaryl/α,β-unsaturated/α-hetero) is 1. The molecule has 1 aromatic heterocycles. The van der Waals surface area contributed by atoms with E-state index >= 15 is 0 Å². The first-order valence-electron chi connectivity index (χ1n) is 18.4. The van der Waals surface area contributed by atoms with Gasteiger partial charge in [-0.25, -0.2) is 0 Å². The zero-order chi connectivity index (χ0) is 34.8. The Hall–Kier alpha value is -3.32. The fourth-order valence-electron chi connectivity index (χ4n) is 9.85. The normalized spacial score (nSPS) is 32.6. The first-order valence-corrected chi connectivity index (χ1v) is 18.4. The van der Waals surface area contributed by atoms with Crippen LogP contribution >= 0.6 is 0 Å². The van der Waals surface area contributed by atoms with Crippen LogP contribution < -0.4 is 21.3 Å². The van der Waals surface area contributed by atoms with Crippen molar-refractivity contribution in [2.75, 3.05) is 6.54 Å². The molecule has 6 aliphatic rings. The zero-order valence-electron chi connectivity index (χ0n) is 29.1. The molecule has 13 nitrogen and oxygen atoms in total. The lowest BCUT2D eigenvalue weighted by Gasteiger charge is -2.45. The van der Waals surface area contributed by atoms with Crippen LogP contribution in [0.2, 0.25) is 0 Å². The second kappa shape index (κ2) is 13.1. The van der Waals surface area contributed by atoms with Gasteiger partial charge in [-0.05, 0) is 92.8 Å². The number of hydrogen-bond donors (Lipinski definition) is 5. The predicted octanol–water partition coefficient (Wildman–Crippen LogP) is 1.82. The smallest absolute Gasteiger partial charge is 0.274 e. The van der Waals surface area contributed by atoms with E-state index in [9.17, 15) is 29.1 Å². The second-order valence-electron chi connectivity index (χ2n) is 17.0. The average molecular weight is 681 g/mol. The lowest BCUT2D eigenvalue weighted by atomic mass is 9.60. The standard InChI is InChI=1S/C36H52N6O7/c1-17-12-23(41-49-17)31(44)39-27(18-8-6-5-7-9-18)32(45)38-24(15-36(2,3)4)35(48)42-16-20-13-19-14-22-25(19)26(20)29(42)33(46)40-28(22)30(43)34(47)37-21-10-11-21/h12,18-22,24-29,34,37,47H,5-11,13-16H2,1-4H3,(H,38,45)(H,39,44)(H,40,46)/t19?,20-,22?,24-,25?,26+,27-,28-,29-,34?/m0/s1. The van der Waals surface area contributed by atoms with Gasteiger partial charge in [-0.1, -0.05) is 45.2 Å². The van der Waals surface area contributed by atoms with Gasteiger partial charge in [-0.2, -0.15) is 0 Å². The summed E-state index contributed by atoms with van der Waals surface area (Å²) in [5.41, 5.74) is -0.250. The predicted molar refractivity (Wildman–Crippen MR) is 176 cm³/mol. The molecule has 6 fully saturated rings. The Morgan fingerprint density at radius 2 is 1.78 bits per heavy atom. The number of carbonyl (C=O) groups is 5. The summed E-state index contributed by atoms with van der Waals surface area (Å²) in [6, 6.07) is -1.67. The fraction of sp³-hybridized carbons (Fsp3) is 0.778. The Kier molecular flexibility index (Phi) is 9.13. The summed E-state index contributed by atoms with van der Waals surface area (Å²) in [5, 5.41) is 26.4. The van der Waals surface area contributed by atoms with Crippen molar-refractivity contribution in [2.24, 2.45) is 40.9 Å². The molecule has 5 N–H and O–H groups in total. The van der Waals surface area contributed by atoms with Gasteiger partial charge in [0.25, 0.3) is 5.91 Å². The Morgan fingerprint density at radius 1 is 1.04 bits per heavy atom. The minimum absolute atomic E-state index is 0.0643. The van der Waals surface area contributed by atoms with Gasteiger partial charge in [-0.3, -0.25) is 29.3 Å². The van der Waals surface area contributed by atoms with E-state index in [0.717, 1.165) is 57.8 Å². The van der Waals surface area contributed by atoms with Crippen LogP contribution in [0.15, 0.2) is 10.6 Å². The first-order chi connectivity index (χ1) is 23.3. The largest absolute Gasteiger partial charge is 0.371 e. The quantitative estimate of drug-likeness (QED) is 0.218. The Labute approximate surface area is 287 Å². The number of aliphatic hydroxyl groups excluding tert-OH is 1. The van der Waals surface area contributed by atoms with E-state index in [0.29, 0.717) is 24.6 Å². The maximum absolute atomic E-state index is 14.6. The maximum Gasteiger partial charge on any atom is 0.274 e. The van der Waals surface area contributed by atoms with Crippen LogP contribution in [-0.4, -0.2) is 87.6 Å². The number of ketones is 1. The van der Waals surface area contributed by atoms with Gasteiger partial charge < -0.3 is 30.5 Å². The molecular weight excluding hydrogens is 628 g/mol. The topological polar surface area (TPSA) is 183 Å². The highest BCUT2D eigenvalue weighted by Crippen LogP contribution is 2.62. The molecule has 10 atom stereocenters. The van der Waals surface area contributed by atoms with E-state index in [4.69, 9.17) is 4.52 Å². The van der Waals surface area contributed by atoms with Gasteiger partial charge in [0.05, 0.1) is 6.04 Å². The van der Waals surface area contributed by atoms with Crippen molar-refractivity contribution in [1.82, 2.24) is 31.3 Å². The molecule has 4 amide bonds. The van der Waals surface area contributed by atoms with Gasteiger partial charge in [0, 0.05) is 18.7 Å². The number of carbonyl (C=O) groups excluding carboxylic acids is 5. The minimum Gasteiger partial charge on any atom is -0.371 e. The number of likely N-dealkylation sites (tertiary alicyclic amines) is 1. The molecular formula is C36H52N6O7. The lowest BCUT2D eigenvalue weighted by molar-refractivity contribution is -0.143. The van der Waals surface area contributed by atoms with Gasteiger partial charge in [0.2, 0.25) is 17.7 Å². The van der Waals surface area contributed by atoms with Gasteiger partial charge in [0.1, 0.15) is 23.9 Å². The molecule has 4 unspecified atom stereocenters. The number of aryl methyl sites for hydroxylation is 1. The SMILES string of the molecule is Cc1cc(C(=O)N[C@H](C(=O)N[C@@H](CC(C)(C)C)C(=O)N2C[C@@H]3CC4CC5C4[C@@H]3[C@H]2C(=O)N[C@@H]5C(=O)C(O)NC2CC2)C2CCCCC2)no1. The molecule has 0 aromatic carbocycles. The van der Waals surface area contributed by atoms with Crippen molar-refractivity contribution >= 4 is 29.4 Å². The van der Waals surface area contributed by atoms with Crippen molar-refractivity contribution in [1.29, 1.82) is 0 Å². The van der Waals surface area contributed by atoms with E-state index in [-0.39, 0.29) is 58.6 Å². The molecule has 13 heteroatoms. The summed E-state index contributed by atoms with van der Waals surface area (Å²) in [4.78, 5) is 71.2. The van der Waals surface area contributed by atoms with E-state index in [1.165, 1.54) is 6.07 Å². The van der Waals surface area contributed by atoms with Crippen molar-refractivity contribution < 1.29 is 33.6 Å². The van der Waals surface area contributed by atoms with Crippen LogP contribution in [0.4, 0.5) is 0 Å². The minimum atomic E-state index is -1.33. The molecule has 0 radical (unpaired) electrons. The van der Waals surface area contributed by atoms with Gasteiger partial charge in [0.15, 0.2) is 17.7 Å². The summed E-state index contributed by atoms with van der Waals surface area (Å²) >= 11 is 0.